The Labute approximate surface area is 61.2 Å². The molecule has 5 heteroatoms. The summed E-state index contributed by atoms with van der Waals surface area (Å²) < 4.78 is 0. The fraction of sp³-hybridized carbons (Fsp3) is 0. The van der Waals surface area contributed by atoms with Gasteiger partial charge in [0.15, 0.2) is 0 Å². The molecule has 31 valence electrons. The topological polar surface area (TPSA) is 0 Å². The molecule has 0 aromatic rings. The van der Waals surface area contributed by atoms with Gasteiger partial charge in [-0.1, -0.05) is 0 Å². The summed E-state index contributed by atoms with van der Waals surface area (Å²) in [5.74, 6) is 0. The molecule has 0 rings (SSSR count). The van der Waals surface area contributed by atoms with E-state index in [0.717, 1.165) is 0 Å². The van der Waals surface area contributed by atoms with Gasteiger partial charge in [-0.15, -0.1) is 0 Å². The molecule has 5 heavy (non-hydrogen) atoms. The van der Waals surface area contributed by atoms with E-state index < -0.39 is 17.4 Å². The maximum atomic E-state index is 4.75. The van der Waals surface area contributed by atoms with E-state index in [4.69, 9.17) is 10.8 Å². The molecule has 0 spiro atoms. The third-order valence-corrected chi connectivity index (χ3v) is 0. The van der Waals surface area contributed by atoms with E-state index in [2.05, 4.69) is 0 Å². The van der Waals surface area contributed by atoms with Crippen molar-refractivity contribution in [3.05, 3.63) is 0 Å². The first-order valence-electron chi connectivity index (χ1n) is 0.577. The Morgan fingerprint density at radius 1 is 1.20 bits per heavy atom. The SMILES string of the molecule is [B]#[Ti]#[B].[Cu].[Ni]. The van der Waals surface area contributed by atoms with Crippen molar-refractivity contribution in [2.24, 2.45) is 0 Å². The summed E-state index contributed by atoms with van der Waals surface area (Å²) in [5, 5.41) is 9.50. The Hall–Kier alpha value is 1.86. The summed E-state index contributed by atoms with van der Waals surface area (Å²) in [5.41, 5.74) is 0. The largest absolute Gasteiger partial charge is 0 e. The van der Waals surface area contributed by atoms with Gasteiger partial charge >= 0.3 is 28.1 Å². The Bertz CT molecular complexity index is 82.8. The van der Waals surface area contributed by atoms with Gasteiger partial charge < -0.3 is 0 Å². The fourth-order valence-corrected chi connectivity index (χ4v) is 0. The van der Waals surface area contributed by atoms with Crippen molar-refractivity contribution >= 4 is 10.8 Å². The third kappa shape index (κ3) is 25.3. The molecule has 0 bridgehead atoms. The number of hydrogen-bond donors (Lipinski definition) is 0. The van der Waals surface area contributed by atoms with E-state index in [1.54, 1.807) is 0 Å². The molecule has 0 aliphatic rings. The molecule has 0 saturated heterocycles. The van der Waals surface area contributed by atoms with Gasteiger partial charge in [0, 0.05) is 33.6 Å². The van der Waals surface area contributed by atoms with E-state index in [1.165, 1.54) is 0 Å². The van der Waals surface area contributed by atoms with Crippen molar-refractivity contribution in [2.75, 3.05) is 0 Å². The van der Waals surface area contributed by atoms with Gasteiger partial charge in [-0.25, -0.2) is 0 Å². The molecule has 0 atom stereocenters. The van der Waals surface area contributed by atoms with E-state index >= 15 is 0 Å². The Balaban J connectivity index is -0.0000000200. The second-order valence-corrected chi connectivity index (χ2v) is 0.687. The van der Waals surface area contributed by atoms with Gasteiger partial charge in [0.05, 0.1) is 0 Å². The first kappa shape index (κ1) is 15.8. The van der Waals surface area contributed by atoms with Crippen LogP contribution >= 0.6 is 0 Å². The van der Waals surface area contributed by atoms with Gasteiger partial charge in [0.25, 0.3) is 0 Å². The van der Waals surface area contributed by atoms with Crippen molar-refractivity contribution in [1.82, 2.24) is 0 Å². The minimum absolute atomic E-state index is 0. The molecule has 0 aliphatic carbocycles. The minimum atomic E-state index is -0.500. The molecule has 0 aromatic heterocycles. The summed E-state index contributed by atoms with van der Waals surface area (Å²) >= 11 is -0.500. The van der Waals surface area contributed by atoms with Gasteiger partial charge in [-0.05, 0) is 0 Å². The number of hydrogen-bond acceptors (Lipinski definition) is 0. The molecule has 0 saturated carbocycles. The van der Waals surface area contributed by atoms with Crippen molar-refractivity contribution in [2.45, 2.75) is 0 Å². The molecular weight excluding hydrogens is 192 g/mol. The van der Waals surface area contributed by atoms with Gasteiger partial charge in [-0.2, -0.15) is 0 Å². The van der Waals surface area contributed by atoms with Crippen LogP contribution in [0.1, 0.15) is 0 Å². The normalized spacial score (nSPS) is 4.80. The van der Waals surface area contributed by atoms with Crippen LogP contribution in [-0.4, -0.2) is 10.8 Å². The maximum Gasteiger partial charge on any atom is 0 e. The van der Waals surface area contributed by atoms with Crippen molar-refractivity contribution in [3.63, 3.8) is 0 Å². The van der Waals surface area contributed by atoms with Crippen molar-refractivity contribution in [1.29, 1.82) is 0 Å². The smallest absolute Gasteiger partial charge is 0 e. The van der Waals surface area contributed by atoms with Gasteiger partial charge in [0.2, 0.25) is 0 Å². The van der Waals surface area contributed by atoms with Crippen molar-refractivity contribution < 1.29 is 50.9 Å². The van der Waals surface area contributed by atoms with Crippen LogP contribution < -0.4 is 0 Å². The third-order valence-electron chi connectivity index (χ3n) is 0. The average molecular weight is 192 g/mol. The summed E-state index contributed by atoms with van der Waals surface area (Å²) in [6, 6.07) is 0. The number of rotatable bonds is 0. The molecule has 0 heterocycles. The summed E-state index contributed by atoms with van der Waals surface area (Å²) in [6.07, 6.45) is 0. The van der Waals surface area contributed by atoms with Crippen LogP contribution in [0.25, 0.3) is 0 Å². The summed E-state index contributed by atoms with van der Waals surface area (Å²) in [7, 11) is 0. The van der Waals surface area contributed by atoms with Crippen LogP contribution in [0, 0.1) is 0 Å². The van der Waals surface area contributed by atoms with Crippen molar-refractivity contribution in [3.8, 4) is 0 Å². The van der Waals surface area contributed by atoms with E-state index in [9.17, 15) is 0 Å². The molecule has 0 aromatic carbocycles. The van der Waals surface area contributed by atoms with E-state index in [-0.39, 0.29) is 33.6 Å². The zero-order chi connectivity index (χ0) is 2.71. The average Bonchev–Trinajstić information content (AvgIpc) is 0.918. The van der Waals surface area contributed by atoms with E-state index in [0.29, 0.717) is 0 Å². The molecule has 0 amide bonds. The molecule has 0 fully saturated rings. The van der Waals surface area contributed by atoms with Crippen LogP contribution in [-0.2, 0) is 50.9 Å². The standard InChI is InChI=1S/2B.Cu.Ni.Ti. The summed E-state index contributed by atoms with van der Waals surface area (Å²) in [6.45, 7) is 0. The Kier molecular flexibility index (Phi) is 53.5. The van der Waals surface area contributed by atoms with Gasteiger partial charge in [0.1, 0.15) is 0 Å². The minimum Gasteiger partial charge on any atom is 0 e. The first-order chi connectivity index (χ1) is 1.41. The zero-order valence-corrected chi connectivity index (χ0v) is 5.76. The first-order valence-corrected chi connectivity index (χ1v) is 2.38. The Morgan fingerprint density at radius 2 is 1.20 bits per heavy atom. The maximum absolute atomic E-state index is 4.75. The predicted octanol–water partition coefficient (Wildman–Crippen LogP) is -0.769. The monoisotopic (exact) mass is 191 g/mol. The second kappa shape index (κ2) is 16.9. The molecule has 0 unspecified atom stereocenters. The quantitative estimate of drug-likeness (QED) is 0.442. The molecule has 0 aliphatic heterocycles. The molecule has 0 nitrogen and oxygen atoms in total. The Morgan fingerprint density at radius 3 is 1.20 bits per heavy atom. The predicted molar refractivity (Wildman–Crippen MR) is 11.5 cm³/mol. The van der Waals surface area contributed by atoms with E-state index in [1.807, 2.05) is 0 Å². The molecule has 0 N–H and O–H groups in total. The molecule has 1 radical (unpaired) electrons. The van der Waals surface area contributed by atoms with Crippen LogP contribution in [0.2, 0.25) is 0 Å². The molecular formula is B2CuNiTi. The van der Waals surface area contributed by atoms with Crippen LogP contribution in [0.3, 0.4) is 0 Å². The fourth-order valence-electron chi connectivity index (χ4n) is 0. The van der Waals surface area contributed by atoms with Crippen LogP contribution in [0.5, 0.6) is 0 Å². The van der Waals surface area contributed by atoms with Crippen LogP contribution in [0.4, 0.5) is 0 Å². The second-order valence-electron chi connectivity index (χ2n) is 0.167. The zero-order valence-electron chi connectivity index (χ0n) is 2.27. The van der Waals surface area contributed by atoms with Crippen LogP contribution in [0.15, 0.2) is 0 Å². The van der Waals surface area contributed by atoms with Gasteiger partial charge in [-0.3, -0.25) is 0 Å². The summed E-state index contributed by atoms with van der Waals surface area (Å²) in [4.78, 5) is 0.